The Hall–Kier alpha value is -3.05. The van der Waals surface area contributed by atoms with Crippen molar-refractivity contribution in [2.45, 2.75) is 43.4 Å². The molecule has 1 aromatic heterocycles. The van der Waals surface area contributed by atoms with Crippen LogP contribution in [0.4, 0.5) is 18.9 Å². The lowest BCUT2D eigenvalue weighted by molar-refractivity contribution is 0.353. The molecular weight excluding hydrogens is 497 g/mol. The van der Waals surface area contributed by atoms with Gasteiger partial charge in [0.1, 0.15) is 17.5 Å². The fraction of sp³-hybridized carbons (Fsp3) is 0.250. The summed E-state index contributed by atoms with van der Waals surface area (Å²) in [6.45, 7) is 7.77. The maximum absolute atomic E-state index is 15.7. The van der Waals surface area contributed by atoms with Gasteiger partial charge in [-0.05, 0) is 69.5 Å². The minimum atomic E-state index is -4.74. The first-order valence-electron chi connectivity index (χ1n) is 10.6. The molecule has 1 aliphatic rings. The van der Waals surface area contributed by atoms with Crippen LogP contribution in [0.15, 0.2) is 59.8 Å². The summed E-state index contributed by atoms with van der Waals surface area (Å²) in [6, 6.07) is 8.63. The summed E-state index contributed by atoms with van der Waals surface area (Å²) >= 11 is 1.46. The maximum Gasteiger partial charge on any atom is 0.267 e. The third-order valence-corrected chi connectivity index (χ3v) is 8.23. The Morgan fingerprint density at radius 2 is 1.69 bits per heavy atom. The Labute approximate surface area is 206 Å². The van der Waals surface area contributed by atoms with E-state index in [1.54, 1.807) is 25.4 Å². The smallest absolute Gasteiger partial charge is 0.267 e. The Kier molecular flexibility index (Phi) is 6.58. The van der Waals surface area contributed by atoms with Crippen LogP contribution < -0.4 is 4.72 Å². The molecule has 11 heteroatoms. The number of sulfonamides is 1. The van der Waals surface area contributed by atoms with Crippen LogP contribution >= 0.6 is 11.9 Å². The molecule has 6 nitrogen and oxygen atoms in total. The van der Waals surface area contributed by atoms with Crippen molar-refractivity contribution in [2.75, 3.05) is 4.72 Å². The van der Waals surface area contributed by atoms with Gasteiger partial charge < -0.3 is 4.31 Å². The van der Waals surface area contributed by atoms with Gasteiger partial charge >= 0.3 is 0 Å². The van der Waals surface area contributed by atoms with Crippen LogP contribution in [0.25, 0.3) is 5.57 Å². The average Bonchev–Trinajstić information content (AvgIpc) is 3.21. The lowest BCUT2D eigenvalue weighted by atomic mass is 9.99. The maximum atomic E-state index is 15.7. The minimum Gasteiger partial charge on any atom is -0.317 e. The van der Waals surface area contributed by atoms with Crippen LogP contribution in [0, 0.1) is 24.4 Å². The van der Waals surface area contributed by atoms with Gasteiger partial charge in [-0.2, -0.15) is 0 Å². The van der Waals surface area contributed by atoms with Crippen LogP contribution in [-0.4, -0.2) is 28.2 Å². The molecule has 0 spiro atoms. The molecule has 184 valence electrons. The van der Waals surface area contributed by atoms with Crippen molar-refractivity contribution in [3.63, 3.8) is 0 Å². The van der Waals surface area contributed by atoms with E-state index in [-0.39, 0.29) is 16.4 Å². The number of anilines is 1. The molecule has 0 fully saturated rings. The van der Waals surface area contributed by atoms with Crippen molar-refractivity contribution in [2.24, 2.45) is 0 Å². The number of nitrogens with one attached hydrogen (secondary N) is 1. The Morgan fingerprint density at radius 3 is 2.31 bits per heavy atom. The molecule has 4 rings (SSSR count). The normalized spacial score (nSPS) is 16.4. The topological polar surface area (TPSA) is 75.2 Å². The molecule has 0 saturated heterocycles. The SMILES string of the molecule is Cc1nccc(C2SN(C(C)(C)C)C=C2c2cccc(NS(=O)(=O)c3c(F)cccc3F)c2F)n1. The zero-order valence-corrected chi connectivity index (χ0v) is 21.0. The Morgan fingerprint density at radius 1 is 1.03 bits per heavy atom. The average molecular weight is 521 g/mol. The number of benzene rings is 2. The molecule has 1 unspecified atom stereocenters. The minimum absolute atomic E-state index is 0.139. The van der Waals surface area contributed by atoms with E-state index in [1.165, 1.54) is 30.1 Å². The van der Waals surface area contributed by atoms with E-state index in [2.05, 4.69) is 9.97 Å². The highest BCUT2D eigenvalue weighted by Crippen LogP contribution is 2.51. The van der Waals surface area contributed by atoms with E-state index in [0.29, 0.717) is 17.1 Å². The lowest BCUT2D eigenvalue weighted by Crippen LogP contribution is -2.30. The number of halogens is 3. The van der Waals surface area contributed by atoms with Crippen LogP contribution in [0.3, 0.4) is 0 Å². The number of hydrogen-bond acceptors (Lipinski definition) is 6. The second-order valence-corrected chi connectivity index (χ2v) is 11.6. The molecule has 0 radical (unpaired) electrons. The summed E-state index contributed by atoms with van der Waals surface area (Å²) in [5.41, 5.74) is 0.644. The van der Waals surface area contributed by atoms with Gasteiger partial charge in [0.15, 0.2) is 10.7 Å². The number of nitrogens with zero attached hydrogens (tertiary/aromatic N) is 3. The van der Waals surface area contributed by atoms with Gasteiger partial charge in [0, 0.05) is 23.5 Å². The van der Waals surface area contributed by atoms with E-state index < -0.39 is 38.1 Å². The van der Waals surface area contributed by atoms with E-state index in [4.69, 9.17) is 0 Å². The zero-order chi connectivity index (χ0) is 25.5. The molecule has 0 amide bonds. The summed E-state index contributed by atoms with van der Waals surface area (Å²) in [4.78, 5) is 7.46. The van der Waals surface area contributed by atoms with Crippen LogP contribution in [0.5, 0.6) is 0 Å². The first-order valence-corrected chi connectivity index (χ1v) is 12.9. The number of rotatable bonds is 5. The second-order valence-electron chi connectivity index (χ2n) is 8.92. The highest BCUT2D eigenvalue weighted by atomic mass is 32.2. The summed E-state index contributed by atoms with van der Waals surface area (Å²) in [5, 5.41) is -0.388. The molecular formula is C24H23F3N4O2S2. The molecule has 2 heterocycles. The van der Waals surface area contributed by atoms with E-state index in [9.17, 15) is 17.2 Å². The fourth-order valence-corrected chi connectivity index (χ4v) is 6.02. The predicted octanol–water partition coefficient (Wildman–Crippen LogP) is 5.85. The van der Waals surface area contributed by atoms with Crippen molar-refractivity contribution in [3.8, 4) is 0 Å². The number of aromatic nitrogens is 2. The monoisotopic (exact) mass is 520 g/mol. The molecule has 0 aliphatic carbocycles. The van der Waals surface area contributed by atoms with Crippen molar-refractivity contribution < 1.29 is 21.6 Å². The molecule has 2 aromatic carbocycles. The van der Waals surface area contributed by atoms with E-state index >= 15 is 4.39 Å². The van der Waals surface area contributed by atoms with Gasteiger partial charge in [0.2, 0.25) is 0 Å². The zero-order valence-electron chi connectivity index (χ0n) is 19.4. The van der Waals surface area contributed by atoms with Gasteiger partial charge in [-0.15, -0.1) is 0 Å². The third kappa shape index (κ3) is 5.01. The second kappa shape index (κ2) is 9.19. The molecule has 3 aromatic rings. The fourth-order valence-electron chi connectivity index (χ4n) is 3.56. The first-order chi connectivity index (χ1) is 16.4. The number of hydrogen-bond donors (Lipinski definition) is 1. The molecule has 0 saturated carbocycles. The van der Waals surface area contributed by atoms with Gasteiger partial charge in [0.25, 0.3) is 10.0 Å². The highest BCUT2D eigenvalue weighted by Gasteiger charge is 2.36. The van der Waals surface area contributed by atoms with Crippen LogP contribution in [-0.2, 0) is 10.0 Å². The molecule has 1 aliphatic heterocycles. The van der Waals surface area contributed by atoms with E-state index in [0.717, 1.165) is 18.2 Å². The van der Waals surface area contributed by atoms with Gasteiger partial charge in [0.05, 0.1) is 16.6 Å². The van der Waals surface area contributed by atoms with Gasteiger partial charge in [-0.25, -0.2) is 31.6 Å². The van der Waals surface area contributed by atoms with E-state index in [1.807, 2.05) is 29.8 Å². The summed E-state index contributed by atoms with van der Waals surface area (Å²) in [6.07, 6.45) is 3.43. The quantitative estimate of drug-likeness (QED) is 0.426. The largest absolute Gasteiger partial charge is 0.317 e. The van der Waals surface area contributed by atoms with Crippen molar-refractivity contribution in [1.82, 2.24) is 14.3 Å². The number of aryl methyl sites for hydroxylation is 1. The highest BCUT2D eigenvalue weighted by molar-refractivity contribution is 7.98. The molecule has 1 N–H and O–H groups in total. The van der Waals surface area contributed by atoms with Crippen molar-refractivity contribution >= 4 is 33.2 Å². The summed E-state index contributed by atoms with van der Waals surface area (Å²) in [5.74, 6) is -2.86. The molecule has 35 heavy (non-hydrogen) atoms. The standard InChI is InChI=1S/C24H23F3N4O2S2/c1-14-28-12-11-20(29-14)22-16(13-31(34-22)24(2,3)4)15-7-5-10-19(21(15)27)30-35(32,33)23-17(25)8-6-9-18(23)26/h5-13,22,30H,1-4H3. The first kappa shape index (κ1) is 25.1. The Balaban J connectivity index is 1.78. The predicted molar refractivity (Wildman–Crippen MR) is 130 cm³/mol. The Bertz CT molecular complexity index is 1400. The lowest BCUT2D eigenvalue weighted by Gasteiger charge is -2.31. The van der Waals surface area contributed by atoms with Crippen molar-refractivity contribution in [3.05, 3.63) is 89.4 Å². The molecule has 0 bridgehead atoms. The summed E-state index contributed by atoms with van der Waals surface area (Å²) in [7, 11) is -4.74. The van der Waals surface area contributed by atoms with Crippen molar-refractivity contribution in [1.29, 1.82) is 0 Å². The third-order valence-electron chi connectivity index (χ3n) is 5.23. The van der Waals surface area contributed by atoms with Crippen LogP contribution in [0.1, 0.15) is 43.1 Å². The van der Waals surface area contributed by atoms with Gasteiger partial charge in [-0.1, -0.05) is 18.2 Å². The van der Waals surface area contributed by atoms with Gasteiger partial charge in [-0.3, -0.25) is 4.72 Å². The summed E-state index contributed by atoms with van der Waals surface area (Å²) < 4.78 is 73.4. The van der Waals surface area contributed by atoms with Crippen LogP contribution in [0.2, 0.25) is 0 Å². The molecule has 1 atom stereocenters.